The zero-order valence-electron chi connectivity index (χ0n) is 8.64. The Labute approximate surface area is 101 Å². The van der Waals surface area contributed by atoms with Gasteiger partial charge in [-0.1, -0.05) is 17.0 Å². The number of carbonyl (C=O) groups excluding carboxylic acids is 1. The highest BCUT2D eigenvalue weighted by molar-refractivity contribution is 7.14. The maximum absolute atomic E-state index is 11.7. The summed E-state index contributed by atoms with van der Waals surface area (Å²) in [6.45, 7) is -0.194. The molecular formula is C11H8N2O3S. The highest BCUT2D eigenvalue weighted by Gasteiger charge is 2.09. The molecule has 2 heterocycles. The lowest BCUT2D eigenvalue weighted by atomic mass is 10.4. The van der Waals surface area contributed by atoms with E-state index in [1.807, 2.05) is 0 Å². The molecule has 5 nitrogen and oxygen atoms in total. The average molecular weight is 248 g/mol. The number of nitrogens with zero attached hydrogens (tertiary/aromatic N) is 1. The van der Waals surface area contributed by atoms with E-state index in [-0.39, 0.29) is 12.5 Å². The van der Waals surface area contributed by atoms with Crippen LogP contribution in [-0.4, -0.2) is 22.8 Å². The third-order valence-electron chi connectivity index (χ3n) is 1.81. The van der Waals surface area contributed by atoms with Crippen LogP contribution in [0.5, 0.6) is 0 Å². The van der Waals surface area contributed by atoms with Gasteiger partial charge in [0.2, 0.25) is 0 Å². The first-order valence-corrected chi connectivity index (χ1v) is 5.51. The van der Waals surface area contributed by atoms with Crippen molar-refractivity contribution in [3.63, 3.8) is 0 Å². The minimum absolute atomic E-state index is 0.194. The van der Waals surface area contributed by atoms with Gasteiger partial charge in [-0.2, -0.15) is 0 Å². The summed E-state index contributed by atoms with van der Waals surface area (Å²) in [5.41, 5.74) is 0.506. The van der Waals surface area contributed by atoms with Crippen molar-refractivity contribution in [2.75, 3.05) is 11.9 Å². The molecule has 0 fully saturated rings. The number of hydrogen-bond acceptors (Lipinski definition) is 5. The first-order chi connectivity index (χ1) is 8.29. The lowest BCUT2D eigenvalue weighted by molar-refractivity contribution is 0.103. The first-order valence-electron chi connectivity index (χ1n) is 4.70. The second-order valence-corrected chi connectivity index (χ2v) is 4.07. The molecule has 0 aliphatic carbocycles. The second-order valence-electron chi connectivity index (χ2n) is 2.99. The van der Waals surface area contributed by atoms with E-state index >= 15 is 0 Å². The molecule has 0 saturated heterocycles. The number of carbonyl (C=O) groups is 1. The van der Waals surface area contributed by atoms with Gasteiger partial charge in [-0.15, -0.1) is 11.3 Å². The van der Waals surface area contributed by atoms with Gasteiger partial charge < -0.3 is 14.9 Å². The van der Waals surface area contributed by atoms with Crippen molar-refractivity contribution in [1.29, 1.82) is 0 Å². The number of thiophene rings is 1. The lowest BCUT2D eigenvalue weighted by Crippen LogP contribution is -2.09. The van der Waals surface area contributed by atoms with Crippen LogP contribution in [0.1, 0.15) is 14.5 Å². The Bertz CT molecular complexity index is 563. The van der Waals surface area contributed by atoms with Gasteiger partial charge in [-0.05, 0) is 12.1 Å². The number of aromatic nitrogens is 1. The molecule has 0 bridgehead atoms. The number of aliphatic hydroxyl groups is 1. The molecule has 86 valence electrons. The quantitative estimate of drug-likeness (QED) is 0.786. The molecule has 2 rings (SSSR count). The van der Waals surface area contributed by atoms with E-state index in [9.17, 15) is 4.79 Å². The van der Waals surface area contributed by atoms with E-state index < -0.39 is 0 Å². The summed E-state index contributed by atoms with van der Waals surface area (Å²) in [4.78, 5) is 13.0. The van der Waals surface area contributed by atoms with Crippen molar-refractivity contribution in [1.82, 2.24) is 5.16 Å². The number of rotatable bonds is 2. The fourth-order valence-corrected chi connectivity index (χ4v) is 1.89. The normalized spacial score (nSPS) is 9.47. The number of amides is 1. The van der Waals surface area contributed by atoms with Crippen LogP contribution in [0.25, 0.3) is 0 Å². The van der Waals surface area contributed by atoms with Gasteiger partial charge in [0.05, 0.1) is 16.0 Å². The highest BCUT2D eigenvalue weighted by Crippen LogP contribution is 2.17. The molecule has 6 heteroatoms. The minimum Gasteiger partial charge on any atom is -0.384 e. The molecule has 0 saturated carbocycles. The fraction of sp³-hybridized carbons (Fsp3) is 0.0909. The molecule has 2 aromatic rings. The molecule has 0 atom stereocenters. The molecule has 1 amide bonds. The van der Waals surface area contributed by atoms with Gasteiger partial charge in [-0.3, -0.25) is 4.79 Å². The zero-order chi connectivity index (χ0) is 12.1. The largest absolute Gasteiger partial charge is 0.384 e. The third kappa shape index (κ3) is 2.93. The SMILES string of the molecule is O=C(Nc1cnoc1)c1ccc(C#CCO)s1. The Balaban J connectivity index is 2.07. The summed E-state index contributed by atoms with van der Waals surface area (Å²) in [6.07, 6.45) is 2.76. The Kier molecular flexibility index (Phi) is 3.55. The number of anilines is 1. The minimum atomic E-state index is -0.241. The second kappa shape index (κ2) is 5.30. The van der Waals surface area contributed by atoms with Crippen LogP contribution in [0.3, 0.4) is 0 Å². The van der Waals surface area contributed by atoms with Crippen LogP contribution in [-0.2, 0) is 0 Å². The van der Waals surface area contributed by atoms with E-state index in [0.717, 1.165) is 4.88 Å². The Morgan fingerprint density at radius 1 is 1.59 bits per heavy atom. The Hall–Kier alpha value is -2.10. The summed E-state index contributed by atoms with van der Waals surface area (Å²) < 4.78 is 4.60. The molecule has 0 spiro atoms. The van der Waals surface area contributed by atoms with E-state index in [2.05, 4.69) is 26.8 Å². The molecule has 0 aromatic carbocycles. The zero-order valence-corrected chi connectivity index (χ0v) is 9.45. The Morgan fingerprint density at radius 3 is 3.18 bits per heavy atom. The number of hydrogen-bond donors (Lipinski definition) is 2. The average Bonchev–Trinajstić information content (AvgIpc) is 2.96. The van der Waals surface area contributed by atoms with Gasteiger partial charge in [0, 0.05) is 0 Å². The van der Waals surface area contributed by atoms with Gasteiger partial charge in [0.1, 0.15) is 18.6 Å². The van der Waals surface area contributed by atoms with Crippen molar-refractivity contribution < 1.29 is 14.4 Å². The van der Waals surface area contributed by atoms with Gasteiger partial charge in [0.25, 0.3) is 5.91 Å². The topological polar surface area (TPSA) is 75.4 Å². The van der Waals surface area contributed by atoms with Crippen LogP contribution in [0.15, 0.2) is 29.1 Å². The van der Waals surface area contributed by atoms with Crippen molar-refractivity contribution in [3.05, 3.63) is 34.3 Å². The van der Waals surface area contributed by atoms with E-state index in [1.54, 1.807) is 12.1 Å². The third-order valence-corrected chi connectivity index (χ3v) is 2.81. The van der Waals surface area contributed by atoms with E-state index in [4.69, 9.17) is 5.11 Å². The highest BCUT2D eigenvalue weighted by atomic mass is 32.1. The van der Waals surface area contributed by atoms with Gasteiger partial charge >= 0.3 is 0 Å². The lowest BCUT2D eigenvalue weighted by Gasteiger charge is -1.96. The Morgan fingerprint density at radius 2 is 2.47 bits per heavy atom. The molecule has 0 aliphatic rings. The van der Waals surface area contributed by atoms with Crippen molar-refractivity contribution in [2.45, 2.75) is 0 Å². The summed E-state index contributed by atoms with van der Waals surface area (Å²) in [6, 6.07) is 3.41. The molecule has 0 aliphatic heterocycles. The van der Waals surface area contributed by atoms with Crippen molar-refractivity contribution in [2.24, 2.45) is 0 Å². The van der Waals surface area contributed by atoms with Crippen LogP contribution in [0.2, 0.25) is 0 Å². The maximum Gasteiger partial charge on any atom is 0.265 e. The standard InChI is InChI=1S/C11H8N2O3S/c14-5-1-2-9-3-4-10(17-9)11(15)13-8-6-12-16-7-8/h3-4,6-7,14H,5H2,(H,13,15). The summed E-state index contributed by atoms with van der Waals surface area (Å²) in [7, 11) is 0. The van der Waals surface area contributed by atoms with E-state index in [0.29, 0.717) is 10.6 Å². The number of nitrogens with one attached hydrogen (secondary N) is 1. The van der Waals surface area contributed by atoms with Crippen molar-refractivity contribution in [3.8, 4) is 11.8 Å². The monoisotopic (exact) mass is 248 g/mol. The van der Waals surface area contributed by atoms with Crippen molar-refractivity contribution >= 4 is 22.9 Å². The van der Waals surface area contributed by atoms with E-state index in [1.165, 1.54) is 23.8 Å². The molecule has 2 N–H and O–H groups in total. The molecular weight excluding hydrogens is 240 g/mol. The molecule has 0 unspecified atom stereocenters. The smallest absolute Gasteiger partial charge is 0.265 e. The molecule has 17 heavy (non-hydrogen) atoms. The fourth-order valence-electron chi connectivity index (χ4n) is 1.11. The summed E-state index contributed by atoms with van der Waals surface area (Å²) >= 11 is 1.26. The maximum atomic E-state index is 11.7. The van der Waals surface area contributed by atoms with Crippen LogP contribution >= 0.6 is 11.3 Å². The molecule has 2 aromatic heterocycles. The molecule has 0 radical (unpaired) electrons. The van der Waals surface area contributed by atoms with Gasteiger partial charge in [0.15, 0.2) is 0 Å². The van der Waals surface area contributed by atoms with Gasteiger partial charge in [-0.25, -0.2) is 0 Å². The summed E-state index contributed by atoms with van der Waals surface area (Å²) in [5.74, 6) is 5.02. The first kappa shape index (κ1) is 11.4. The number of aliphatic hydroxyl groups excluding tert-OH is 1. The predicted molar refractivity (Wildman–Crippen MR) is 62.7 cm³/mol. The summed E-state index contributed by atoms with van der Waals surface area (Å²) in [5, 5.41) is 14.7. The van der Waals surface area contributed by atoms with Crippen LogP contribution in [0.4, 0.5) is 5.69 Å². The van der Waals surface area contributed by atoms with Crippen LogP contribution in [0, 0.1) is 11.8 Å². The predicted octanol–water partition coefficient (Wildman–Crippen LogP) is 1.33. The van der Waals surface area contributed by atoms with Crippen LogP contribution < -0.4 is 5.32 Å².